The number of anilines is 1. The van der Waals surface area contributed by atoms with Gasteiger partial charge in [0.25, 0.3) is 11.8 Å². The number of nitrogens with one attached hydrogen (secondary N) is 1. The first-order valence-electron chi connectivity index (χ1n) is 12.2. The summed E-state index contributed by atoms with van der Waals surface area (Å²) >= 11 is 0. The van der Waals surface area contributed by atoms with Crippen molar-refractivity contribution in [1.82, 2.24) is 4.90 Å². The first-order chi connectivity index (χ1) is 17.5. The number of hydrogen-bond donors (Lipinski definition) is 2. The second-order valence-corrected chi connectivity index (χ2v) is 9.03. The highest BCUT2D eigenvalue weighted by atomic mass is 16.5. The van der Waals surface area contributed by atoms with Gasteiger partial charge in [-0.25, -0.2) is 0 Å². The van der Waals surface area contributed by atoms with E-state index in [4.69, 9.17) is 15.2 Å². The molecule has 188 valence electrons. The molecule has 1 aliphatic rings. The van der Waals surface area contributed by atoms with Crippen LogP contribution in [0.1, 0.15) is 52.0 Å². The fourth-order valence-corrected chi connectivity index (χ4v) is 4.74. The number of amides is 2. The van der Waals surface area contributed by atoms with Crippen molar-refractivity contribution in [3.8, 4) is 11.5 Å². The molecule has 3 aromatic carbocycles. The first kappa shape index (κ1) is 25.3. The lowest BCUT2D eigenvalue weighted by molar-refractivity contribution is 0.0583. The SMILES string of the molecule is COc1ccc(C(=O)N(Cc2cccc(NC(=O)c3ccccc3OC)c2)C2CCCCC2N)cc1. The van der Waals surface area contributed by atoms with Gasteiger partial charge < -0.3 is 25.4 Å². The van der Waals surface area contributed by atoms with Gasteiger partial charge in [0.05, 0.1) is 19.8 Å². The van der Waals surface area contributed by atoms with E-state index in [1.54, 1.807) is 49.6 Å². The highest BCUT2D eigenvalue weighted by Gasteiger charge is 2.31. The van der Waals surface area contributed by atoms with Crippen LogP contribution in [0.4, 0.5) is 5.69 Å². The predicted octanol–water partition coefficient (Wildman–Crippen LogP) is 4.87. The van der Waals surface area contributed by atoms with Crippen molar-refractivity contribution >= 4 is 17.5 Å². The van der Waals surface area contributed by atoms with E-state index in [0.717, 1.165) is 31.2 Å². The monoisotopic (exact) mass is 487 g/mol. The van der Waals surface area contributed by atoms with Crippen molar-refractivity contribution in [3.63, 3.8) is 0 Å². The van der Waals surface area contributed by atoms with Gasteiger partial charge in [-0.2, -0.15) is 0 Å². The molecule has 2 unspecified atom stereocenters. The van der Waals surface area contributed by atoms with E-state index in [9.17, 15) is 9.59 Å². The van der Waals surface area contributed by atoms with E-state index < -0.39 is 0 Å². The van der Waals surface area contributed by atoms with E-state index in [-0.39, 0.29) is 23.9 Å². The van der Waals surface area contributed by atoms with Crippen molar-refractivity contribution in [2.45, 2.75) is 44.3 Å². The molecule has 2 amide bonds. The number of hydrogen-bond acceptors (Lipinski definition) is 5. The van der Waals surface area contributed by atoms with Crippen LogP contribution in [0.5, 0.6) is 11.5 Å². The van der Waals surface area contributed by atoms with Crippen LogP contribution < -0.4 is 20.5 Å². The van der Waals surface area contributed by atoms with Crippen LogP contribution in [-0.2, 0) is 6.54 Å². The van der Waals surface area contributed by atoms with Crippen molar-refractivity contribution in [3.05, 3.63) is 89.5 Å². The van der Waals surface area contributed by atoms with Gasteiger partial charge in [0.1, 0.15) is 11.5 Å². The third kappa shape index (κ3) is 5.86. The fourth-order valence-electron chi connectivity index (χ4n) is 4.74. The average Bonchev–Trinajstić information content (AvgIpc) is 2.92. The lowest BCUT2D eigenvalue weighted by Gasteiger charge is -2.38. The number of ether oxygens (including phenoxy) is 2. The maximum atomic E-state index is 13.7. The molecule has 0 saturated heterocycles. The van der Waals surface area contributed by atoms with Crippen LogP contribution in [0.2, 0.25) is 0 Å². The molecular formula is C29H33N3O4. The minimum atomic E-state index is -0.259. The summed E-state index contributed by atoms with van der Waals surface area (Å²) in [5.41, 5.74) is 9.10. The van der Waals surface area contributed by atoms with Gasteiger partial charge >= 0.3 is 0 Å². The summed E-state index contributed by atoms with van der Waals surface area (Å²) in [4.78, 5) is 28.4. The van der Waals surface area contributed by atoms with E-state index in [1.807, 2.05) is 35.2 Å². The zero-order valence-corrected chi connectivity index (χ0v) is 20.8. The van der Waals surface area contributed by atoms with E-state index in [0.29, 0.717) is 34.9 Å². The Morgan fingerprint density at radius 3 is 2.42 bits per heavy atom. The molecular weight excluding hydrogens is 454 g/mol. The summed E-state index contributed by atoms with van der Waals surface area (Å²) in [6, 6.07) is 21.7. The first-order valence-corrected chi connectivity index (χ1v) is 12.2. The summed E-state index contributed by atoms with van der Waals surface area (Å²) in [6.07, 6.45) is 3.88. The molecule has 0 spiro atoms. The fraction of sp³-hybridized carbons (Fsp3) is 0.310. The molecule has 4 rings (SSSR count). The van der Waals surface area contributed by atoms with Gasteiger partial charge in [-0.3, -0.25) is 9.59 Å². The molecule has 0 aromatic heterocycles. The van der Waals surface area contributed by atoms with E-state index in [2.05, 4.69) is 5.32 Å². The quantitative estimate of drug-likeness (QED) is 0.473. The van der Waals surface area contributed by atoms with E-state index in [1.165, 1.54) is 7.11 Å². The molecule has 3 N–H and O–H groups in total. The number of carbonyl (C=O) groups excluding carboxylic acids is 2. The summed E-state index contributed by atoms with van der Waals surface area (Å²) < 4.78 is 10.6. The molecule has 7 heteroatoms. The summed E-state index contributed by atoms with van der Waals surface area (Å²) in [7, 11) is 3.14. The molecule has 0 bridgehead atoms. The van der Waals surface area contributed by atoms with Crippen LogP contribution in [0.25, 0.3) is 0 Å². The zero-order valence-electron chi connectivity index (χ0n) is 20.8. The number of rotatable bonds is 8. The second kappa shape index (κ2) is 11.7. The minimum Gasteiger partial charge on any atom is -0.497 e. The molecule has 0 heterocycles. The largest absolute Gasteiger partial charge is 0.497 e. The minimum absolute atomic E-state index is 0.0554. The number of carbonyl (C=O) groups is 2. The number of nitrogens with two attached hydrogens (primary N) is 1. The van der Waals surface area contributed by atoms with Crippen molar-refractivity contribution in [2.75, 3.05) is 19.5 Å². The van der Waals surface area contributed by atoms with Crippen LogP contribution in [-0.4, -0.2) is 43.0 Å². The third-order valence-corrected chi connectivity index (χ3v) is 6.67. The normalized spacial score (nSPS) is 17.2. The second-order valence-electron chi connectivity index (χ2n) is 9.03. The van der Waals surface area contributed by atoms with Crippen LogP contribution in [0, 0.1) is 0 Å². The highest BCUT2D eigenvalue weighted by Crippen LogP contribution is 2.27. The molecule has 0 radical (unpaired) electrons. The van der Waals surface area contributed by atoms with Gasteiger partial charge in [-0.15, -0.1) is 0 Å². The molecule has 1 aliphatic carbocycles. The molecule has 1 saturated carbocycles. The summed E-state index contributed by atoms with van der Waals surface area (Å²) in [6.45, 7) is 0.390. The van der Waals surface area contributed by atoms with Gasteiger partial charge in [-0.05, 0) is 66.9 Å². The van der Waals surface area contributed by atoms with E-state index >= 15 is 0 Å². The van der Waals surface area contributed by atoms with Crippen LogP contribution >= 0.6 is 0 Å². The zero-order chi connectivity index (χ0) is 25.5. The lowest BCUT2D eigenvalue weighted by atomic mass is 9.89. The standard InChI is InChI=1S/C29H33N3O4/c1-35-23-16-14-21(15-17-23)29(34)32(26-12-5-4-11-25(26)30)19-20-8-7-9-22(18-20)31-28(33)24-10-3-6-13-27(24)36-2/h3,6-10,13-18,25-26H,4-5,11-12,19,30H2,1-2H3,(H,31,33). The Labute approximate surface area is 212 Å². The molecule has 36 heavy (non-hydrogen) atoms. The molecule has 2 atom stereocenters. The summed E-state index contributed by atoms with van der Waals surface area (Å²) in [5, 5.41) is 2.95. The van der Waals surface area contributed by atoms with Gasteiger partial charge in [0.15, 0.2) is 0 Å². The Morgan fingerprint density at radius 1 is 0.944 bits per heavy atom. The van der Waals surface area contributed by atoms with Crippen molar-refractivity contribution in [1.29, 1.82) is 0 Å². The number of methoxy groups -OCH3 is 2. The molecule has 1 fully saturated rings. The Morgan fingerprint density at radius 2 is 1.69 bits per heavy atom. The smallest absolute Gasteiger partial charge is 0.259 e. The summed E-state index contributed by atoms with van der Waals surface area (Å²) in [5.74, 6) is 0.883. The average molecular weight is 488 g/mol. The lowest BCUT2D eigenvalue weighted by Crippen LogP contribution is -2.51. The Bertz CT molecular complexity index is 1200. The predicted molar refractivity (Wildman–Crippen MR) is 140 cm³/mol. The van der Waals surface area contributed by atoms with Gasteiger partial charge in [-0.1, -0.05) is 37.1 Å². The Kier molecular flexibility index (Phi) is 8.23. The molecule has 0 aliphatic heterocycles. The third-order valence-electron chi connectivity index (χ3n) is 6.67. The number of nitrogens with zero attached hydrogens (tertiary/aromatic N) is 1. The van der Waals surface area contributed by atoms with Crippen LogP contribution in [0.15, 0.2) is 72.8 Å². The Balaban J connectivity index is 1.57. The van der Waals surface area contributed by atoms with Crippen molar-refractivity contribution in [2.24, 2.45) is 5.73 Å². The van der Waals surface area contributed by atoms with Crippen LogP contribution in [0.3, 0.4) is 0 Å². The maximum absolute atomic E-state index is 13.7. The maximum Gasteiger partial charge on any atom is 0.259 e. The molecule has 3 aromatic rings. The van der Waals surface area contributed by atoms with Gasteiger partial charge in [0.2, 0.25) is 0 Å². The number of benzene rings is 3. The topological polar surface area (TPSA) is 93.9 Å². The Hall–Kier alpha value is -3.84. The van der Waals surface area contributed by atoms with Crippen molar-refractivity contribution < 1.29 is 19.1 Å². The van der Waals surface area contributed by atoms with Gasteiger partial charge in [0, 0.05) is 29.9 Å². The molecule has 7 nitrogen and oxygen atoms in total. The highest BCUT2D eigenvalue weighted by molar-refractivity contribution is 6.06. The number of para-hydroxylation sites is 1.